The highest BCUT2D eigenvalue weighted by Crippen LogP contribution is 2.64. The first-order chi connectivity index (χ1) is 33.7. The van der Waals surface area contributed by atoms with Gasteiger partial charge >= 0.3 is 0 Å². The number of furan rings is 2. The first-order valence-corrected chi connectivity index (χ1v) is 25.1. The molecule has 11 aromatic rings. The molecule has 338 valence electrons. The molecular formula is C67H53NO2. The molecular weight excluding hydrogens is 851 g/mol. The third kappa shape index (κ3) is 4.81. The van der Waals surface area contributed by atoms with E-state index in [-0.39, 0.29) is 21.7 Å². The Labute approximate surface area is 409 Å². The fourth-order valence-electron chi connectivity index (χ4n) is 14.3. The molecule has 4 aliphatic carbocycles. The summed E-state index contributed by atoms with van der Waals surface area (Å²) in [5, 5.41) is 4.83. The van der Waals surface area contributed by atoms with Crippen molar-refractivity contribution in [1.29, 1.82) is 0 Å². The number of benzene rings is 9. The third-order valence-corrected chi connectivity index (χ3v) is 17.6. The van der Waals surface area contributed by atoms with Crippen LogP contribution in [0.2, 0.25) is 0 Å². The quantitative estimate of drug-likeness (QED) is 0.177. The number of hydrogen-bond acceptors (Lipinski definition) is 3. The first kappa shape index (κ1) is 40.3. The van der Waals surface area contributed by atoms with Gasteiger partial charge in [-0.15, -0.1) is 0 Å². The minimum atomic E-state index is -0.321. The molecule has 0 spiro atoms. The second kappa shape index (κ2) is 13.0. The number of nitrogens with zero attached hydrogens (tertiary/aromatic N) is 1. The molecule has 3 nitrogen and oxygen atoms in total. The van der Waals surface area contributed by atoms with E-state index in [0.29, 0.717) is 0 Å². The fourth-order valence-corrected chi connectivity index (χ4v) is 14.3. The molecule has 0 radical (unpaired) electrons. The average molecular weight is 904 g/mol. The highest BCUT2D eigenvalue weighted by atomic mass is 16.3. The molecule has 0 bridgehead atoms. The summed E-state index contributed by atoms with van der Waals surface area (Å²) in [4.78, 5) is 2.49. The van der Waals surface area contributed by atoms with Gasteiger partial charge in [0.25, 0.3) is 0 Å². The van der Waals surface area contributed by atoms with Crippen LogP contribution >= 0.6 is 0 Å². The zero-order valence-electron chi connectivity index (χ0n) is 41.3. The van der Waals surface area contributed by atoms with Crippen LogP contribution in [0.5, 0.6) is 0 Å². The summed E-state index contributed by atoms with van der Waals surface area (Å²) >= 11 is 0. The first-order valence-electron chi connectivity index (χ1n) is 25.1. The lowest BCUT2D eigenvalue weighted by atomic mass is 9.72. The van der Waals surface area contributed by atoms with E-state index in [1.165, 1.54) is 116 Å². The Morgan fingerprint density at radius 2 is 0.900 bits per heavy atom. The Kier molecular flexibility index (Phi) is 7.46. The molecule has 70 heavy (non-hydrogen) atoms. The van der Waals surface area contributed by atoms with Gasteiger partial charge < -0.3 is 13.7 Å². The Morgan fingerprint density at radius 1 is 0.343 bits per heavy atom. The molecule has 0 fully saturated rings. The van der Waals surface area contributed by atoms with Crippen LogP contribution in [-0.2, 0) is 21.7 Å². The van der Waals surface area contributed by atoms with Crippen LogP contribution in [0, 0.1) is 6.92 Å². The van der Waals surface area contributed by atoms with E-state index in [0.717, 1.165) is 39.4 Å². The molecule has 15 rings (SSSR count). The molecule has 9 aromatic carbocycles. The summed E-state index contributed by atoms with van der Waals surface area (Å²) < 4.78 is 13.5. The molecule has 3 heteroatoms. The summed E-state index contributed by atoms with van der Waals surface area (Å²) in [6.07, 6.45) is 0. The van der Waals surface area contributed by atoms with E-state index in [2.05, 4.69) is 225 Å². The summed E-state index contributed by atoms with van der Waals surface area (Å²) in [6, 6.07) is 59.2. The number of para-hydroxylation sites is 2. The molecule has 2 heterocycles. The maximum absolute atomic E-state index is 7.04. The van der Waals surface area contributed by atoms with Crippen molar-refractivity contribution in [3.05, 3.63) is 208 Å². The number of fused-ring (bicyclic) bond motifs is 22. The number of anilines is 3. The lowest BCUT2D eigenvalue weighted by Crippen LogP contribution is -2.24. The third-order valence-electron chi connectivity index (χ3n) is 17.6. The summed E-state index contributed by atoms with van der Waals surface area (Å²) in [7, 11) is 0. The van der Waals surface area contributed by atoms with Crippen molar-refractivity contribution in [3.8, 4) is 44.5 Å². The molecule has 0 atom stereocenters. The normalized spacial score (nSPS) is 16.5. The van der Waals surface area contributed by atoms with Gasteiger partial charge in [0.1, 0.15) is 22.3 Å². The van der Waals surface area contributed by atoms with Crippen LogP contribution in [0.15, 0.2) is 167 Å². The second-order valence-corrected chi connectivity index (χ2v) is 22.9. The Hall–Kier alpha value is -7.62. The van der Waals surface area contributed by atoms with Gasteiger partial charge in [0.15, 0.2) is 0 Å². The summed E-state index contributed by atoms with van der Waals surface area (Å²) in [5.74, 6) is 0. The zero-order valence-corrected chi connectivity index (χ0v) is 41.3. The van der Waals surface area contributed by atoms with Crippen molar-refractivity contribution in [2.24, 2.45) is 0 Å². The topological polar surface area (TPSA) is 29.5 Å². The molecule has 0 saturated carbocycles. The average Bonchev–Trinajstić information content (AvgIpc) is 4.13. The van der Waals surface area contributed by atoms with Gasteiger partial charge in [-0.2, -0.15) is 0 Å². The minimum Gasteiger partial charge on any atom is -0.456 e. The van der Waals surface area contributed by atoms with E-state index >= 15 is 0 Å². The van der Waals surface area contributed by atoms with Crippen molar-refractivity contribution < 1.29 is 8.83 Å². The highest BCUT2D eigenvalue weighted by Gasteiger charge is 2.49. The Bertz CT molecular complexity index is 4200. The van der Waals surface area contributed by atoms with Crippen LogP contribution in [-0.4, -0.2) is 0 Å². The Balaban J connectivity index is 0.911. The molecule has 2 aromatic heterocycles. The van der Waals surface area contributed by atoms with Gasteiger partial charge in [-0.1, -0.05) is 146 Å². The van der Waals surface area contributed by atoms with Crippen LogP contribution in [0.4, 0.5) is 17.1 Å². The number of hydrogen-bond donors (Lipinski definition) is 0. The van der Waals surface area contributed by atoms with Gasteiger partial charge in [-0.3, -0.25) is 0 Å². The van der Waals surface area contributed by atoms with Crippen LogP contribution in [0.3, 0.4) is 0 Å². The number of aryl methyl sites for hydroxylation is 1. The SMILES string of the molecule is Cc1cccc(N(c2ccc3c(c2)C(C)(C)c2cc4c(cc2-3)C(C)(C)c2ccc3oc5ccccc5c3c2-4)c2ccc3c(c2)C(C)(C)c2c4c(c5c(oc6ccccc65)c2-3)-c2ccccc2C4(C)C)c1. The molecule has 0 saturated heterocycles. The lowest BCUT2D eigenvalue weighted by Gasteiger charge is -2.32. The standard InChI is InChI=1S/C67H53NO2/c1-36-17-16-18-37(31-36)68(38-25-27-40-45-34-52-46(35-51(45)65(4,5)49(40)32-38)56-48(64(52,2)3)29-30-55-57(56)43-20-11-14-23-53(43)69-55)39-26-28-42-50(33-39)67(8,9)62-60(42)63-59(44-21-12-15-24-54(44)70-63)58-41-19-10-13-22-47(41)66(6,7)61(58)62/h10-35H,1-9H3. The molecule has 0 unspecified atom stereocenters. The minimum absolute atomic E-state index is 0.169. The maximum Gasteiger partial charge on any atom is 0.144 e. The van der Waals surface area contributed by atoms with Crippen LogP contribution in [0.1, 0.15) is 105 Å². The van der Waals surface area contributed by atoms with Crippen LogP contribution < -0.4 is 4.90 Å². The van der Waals surface area contributed by atoms with Gasteiger partial charge in [0.2, 0.25) is 0 Å². The van der Waals surface area contributed by atoms with E-state index < -0.39 is 0 Å². The van der Waals surface area contributed by atoms with Gasteiger partial charge in [0.05, 0.1) is 0 Å². The van der Waals surface area contributed by atoms with E-state index in [1.54, 1.807) is 0 Å². The van der Waals surface area contributed by atoms with Crippen molar-refractivity contribution >= 4 is 60.9 Å². The van der Waals surface area contributed by atoms with E-state index in [1.807, 2.05) is 0 Å². The van der Waals surface area contributed by atoms with Gasteiger partial charge in [-0.05, 0) is 163 Å². The summed E-state index contributed by atoms with van der Waals surface area (Å²) in [6.45, 7) is 21.6. The van der Waals surface area contributed by atoms with E-state index in [9.17, 15) is 0 Å². The molecule has 0 N–H and O–H groups in total. The lowest BCUT2D eigenvalue weighted by molar-refractivity contribution is 0.600. The second-order valence-electron chi connectivity index (χ2n) is 22.9. The molecule has 0 amide bonds. The predicted octanol–water partition coefficient (Wildman–Crippen LogP) is 18.5. The highest BCUT2D eigenvalue weighted by molar-refractivity contribution is 6.21. The summed E-state index contributed by atoms with van der Waals surface area (Å²) in [5.41, 5.74) is 29.0. The van der Waals surface area contributed by atoms with Crippen molar-refractivity contribution in [1.82, 2.24) is 0 Å². The Morgan fingerprint density at radius 3 is 1.66 bits per heavy atom. The van der Waals surface area contributed by atoms with Crippen molar-refractivity contribution in [3.63, 3.8) is 0 Å². The molecule has 0 aliphatic heterocycles. The largest absolute Gasteiger partial charge is 0.456 e. The fraction of sp³-hybridized carbons (Fsp3) is 0.194. The predicted molar refractivity (Wildman–Crippen MR) is 291 cm³/mol. The smallest absolute Gasteiger partial charge is 0.144 e. The van der Waals surface area contributed by atoms with Gasteiger partial charge in [0, 0.05) is 65.8 Å². The molecule has 4 aliphatic rings. The van der Waals surface area contributed by atoms with Crippen molar-refractivity contribution in [2.45, 2.75) is 84.0 Å². The maximum atomic E-state index is 7.04. The van der Waals surface area contributed by atoms with E-state index in [4.69, 9.17) is 8.83 Å². The monoisotopic (exact) mass is 903 g/mol. The van der Waals surface area contributed by atoms with Gasteiger partial charge in [-0.25, -0.2) is 0 Å². The number of rotatable bonds is 3. The van der Waals surface area contributed by atoms with Crippen molar-refractivity contribution in [2.75, 3.05) is 4.90 Å². The zero-order chi connectivity index (χ0) is 47.5. The van der Waals surface area contributed by atoms with Crippen LogP contribution in [0.25, 0.3) is 88.4 Å².